The van der Waals surface area contributed by atoms with Crippen LogP contribution in [0.3, 0.4) is 0 Å². The molecule has 0 saturated carbocycles. The summed E-state index contributed by atoms with van der Waals surface area (Å²) in [5, 5.41) is 11.6. The summed E-state index contributed by atoms with van der Waals surface area (Å²) in [5.41, 5.74) is 0.949. The van der Waals surface area contributed by atoms with Gasteiger partial charge < -0.3 is 10.6 Å². The number of benzene rings is 2. The lowest BCUT2D eigenvalue weighted by Crippen LogP contribution is -2.19. The number of aromatic nitrogens is 2. The van der Waals surface area contributed by atoms with Crippen LogP contribution in [0.1, 0.15) is 5.56 Å². The van der Waals surface area contributed by atoms with Gasteiger partial charge in [0.25, 0.3) is 0 Å². The zero-order chi connectivity index (χ0) is 18.7. The van der Waals surface area contributed by atoms with Crippen LogP contribution >= 0.6 is 47.0 Å². The number of halogens is 4. The zero-order valence-corrected chi connectivity index (χ0v) is 16.2. The quantitative estimate of drug-likeness (QED) is 0.511. The molecule has 0 saturated heterocycles. The lowest BCUT2D eigenvalue weighted by atomic mass is 10.2. The molecule has 134 valence electrons. The Kier molecular flexibility index (Phi) is 5.98. The van der Waals surface area contributed by atoms with Crippen molar-refractivity contribution in [2.75, 3.05) is 10.6 Å². The molecule has 3 rings (SSSR count). The molecule has 0 aliphatic carbocycles. The highest BCUT2D eigenvalue weighted by atomic mass is 35.5. The van der Waals surface area contributed by atoms with Crippen molar-refractivity contribution in [2.45, 2.75) is 6.54 Å². The van der Waals surface area contributed by atoms with Gasteiger partial charge in [-0.3, -0.25) is 4.68 Å². The van der Waals surface area contributed by atoms with Gasteiger partial charge in [0.05, 0.1) is 22.3 Å². The van der Waals surface area contributed by atoms with Gasteiger partial charge in [-0.2, -0.15) is 5.10 Å². The Labute approximate surface area is 169 Å². The van der Waals surface area contributed by atoms with Gasteiger partial charge in [-0.15, -0.1) is 0 Å². The van der Waals surface area contributed by atoms with Gasteiger partial charge in [-0.1, -0.05) is 46.9 Å². The molecule has 0 unspecified atom stereocenters. The van der Waals surface area contributed by atoms with E-state index in [0.717, 1.165) is 0 Å². The highest BCUT2D eigenvalue weighted by molar-refractivity contribution is 7.80. The van der Waals surface area contributed by atoms with Crippen LogP contribution in [0, 0.1) is 5.82 Å². The maximum Gasteiger partial charge on any atom is 0.176 e. The third-order valence-electron chi connectivity index (χ3n) is 3.46. The molecule has 0 aliphatic heterocycles. The molecule has 0 aliphatic rings. The smallest absolute Gasteiger partial charge is 0.176 e. The lowest BCUT2D eigenvalue weighted by molar-refractivity contribution is 0.586. The molecule has 9 heteroatoms. The summed E-state index contributed by atoms with van der Waals surface area (Å²) in [5.74, 6) is 0.114. The molecule has 0 spiro atoms. The monoisotopic (exact) mass is 428 g/mol. The largest absolute Gasteiger partial charge is 0.331 e. The summed E-state index contributed by atoms with van der Waals surface area (Å²) in [4.78, 5) is 0. The Morgan fingerprint density at radius 1 is 1.04 bits per heavy atom. The van der Waals surface area contributed by atoms with E-state index in [4.69, 9.17) is 47.0 Å². The summed E-state index contributed by atoms with van der Waals surface area (Å²) in [6.45, 7) is 0.202. The van der Waals surface area contributed by atoms with Crippen molar-refractivity contribution in [2.24, 2.45) is 0 Å². The van der Waals surface area contributed by atoms with E-state index in [-0.39, 0.29) is 12.4 Å². The number of hydrogen-bond acceptors (Lipinski definition) is 2. The number of rotatable bonds is 4. The Balaban J connectivity index is 1.67. The molecule has 0 bridgehead atoms. The summed E-state index contributed by atoms with van der Waals surface area (Å²) in [6, 6.07) is 11.5. The molecule has 3 aromatic rings. The maximum absolute atomic E-state index is 13.9. The molecule has 2 N–H and O–H groups in total. The van der Waals surface area contributed by atoms with Crippen molar-refractivity contribution in [3.63, 3.8) is 0 Å². The Hall–Kier alpha value is -1.86. The molecule has 0 radical (unpaired) electrons. The van der Waals surface area contributed by atoms with Crippen molar-refractivity contribution in [1.82, 2.24) is 9.78 Å². The highest BCUT2D eigenvalue weighted by Gasteiger charge is 2.10. The molecule has 0 fully saturated rings. The first-order chi connectivity index (χ1) is 12.4. The average molecular weight is 430 g/mol. The SMILES string of the molecule is Fc1cccc(Cl)c1Cn1ccc(NC(=S)Nc2cccc(Cl)c2Cl)n1. The normalized spacial score (nSPS) is 10.6. The van der Waals surface area contributed by atoms with Gasteiger partial charge >= 0.3 is 0 Å². The van der Waals surface area contributed by atoms with Crippen LogP contribution in [0.4, 0.5) is 15.9 Å². The lowest BCUT2D eigenvalue weighted by Gasteiger charge is -2.11. The van der Waals surface area contributed by atoms with E-state index in [9.17, 15) is 4.39 Å². The number of thiocarbonyl (C=S) groups is 1. The summed E-state index contributed by atoms with van der Waals surface area (Å²) in [6.07, 6.45) is 1.69. The van der Waals surface area contributed by atoms with Crippen LogP contribution in [0.25, 0.3) is 0 Å². The van der Waals surface area contributed by atoms with Crippen LogP contribution in [0.2, 0.25) is 15.1 Å². The van der Waals surface area contributed by atoms with Crippen molar-refractivity contribution in [1.29, 1.82) is 0 Å². The molecule has 4 nitrogen and oxygen atoms in total. The van der Waals surface area contributed by atoms with E-state index in [1.165, 1.54) is 6.07 Å². The van der Waals surface area contributed by atoms with Crippen LogP contribution in [-0.4, -0.2) is 14.9 Å². The highest BCUT2D eigenvalue weighted by Crippen LogP contribution is 2.29. The third kappa shape index (κ3) is 4.45. The molecule has 1 aromatic heterocycles. The molecular weight excluding hydrogens is 418 g/mol. The van der Waals surface area contributed by atoms with E-state index < -0.39 is 0 Å². The van der Waals surface area contributed by atoms with E-state index in [0.29, 0.717) is 37.2 Å². The topological polar surface area (TPSA) is 41.9 Å². The minimum atomic E-state index is -0.379. The summed E-state index contributed by atoms with van der Waals surface area (Å²) >= 11 is 23.4. The fourth-order valence-corrected chi connectivity index (χ4v) is 3.02. The molecule has 26 heavy (non-hydrogen) atoms. The van der Waals surface area contributed by atoms with Crippen LogP contribution in [-0.2, 0) is 6.54 Å². The zero-order valence-electron chi connectivity index (χ0n) is 13.1. The first kappa shape index (κ1) is 18.9. The first-order valence-corrected chi connectivity index (χ1v) is 8.96. The molecule has 0 atom stereocenters. The minimum Gasteiger partial charge on any atom is -0.331 e. The van der Waals surface area contributed by atoms with Gasteiger partial charge in [0.1, 0.15) is 5.82 Å². The van der Waals surface area contributed by atoms with Crippen LogP contribution < -0.4 is 10.6 Å². The predicted molar refractivity (Wildman–Crippen MR) is 109 cm³/mol. The summed E-state index contributed by atoms with van der Waals surface area (Å²) < 4.78 is 15.4. The molecule has 0 amide bonds. The van der Waals surface area contributed by atoms with E-state index in [1.54, 1.807) is 47.3 Å². The van der Waals surface area contributed by atoms with E-state index in [1.807, 2.05) is 0 Å². The number of anilines is 2. The van der Waals surface area contributed by atoms with Gasteiger partial charge in [0.2, 0.25) is 0 Å². The second-order valence-corrected chi connectivity index (χ2v) is 6.88. The Morgan fingerprint density at radius 2 is 1.77 bits per heavy atom. The molecular formula is C17H12Cl3FN4S. The predicted octanol–water partition coefficient (Wildman–Crippen LogP) is 5.84. The van der Waals surface area contributed by atoms with Gasteiger partial charge in [-0.25, -0.2) is 4.39 Å². The van der Waals surface area contributed by atoms with Gasteiger partial charge in [0.15, 0.2) is 10.9 Å². The second kappa shape index (κ2) is 8.22. The van der Waals surface area contributed by atoms with Crippen molar-refractivity contribution >= 4 is 63.6 Å². The number of nitrogens with zero attached hydrogens (tertiary/aromatic N) is 2. The van der Waals surface area contributed by atoms with Crippen molar-refractivity contribution in [3.05, 3.63) is 75.1 Å². The summed E-state index contributed by atoms with van der Waals surface area (Å²) in [7, 11) is 0. The number of nitrogens with one attached hydrogen (secondary N) is 2. The molecule has 2 aromatic carbocycles. The van der Waals surface area contributed by atoms with Crippen molar-refractivity contribution in [3.8, 4) is 0 Å². The van der Waals surface area contributed by atoms with Gasteiger partial charge in [-0.05, 0) is 36.5 Å². The standard InChI is InChI=1S/C17H12Cl3FN4S/c18-11-3-1-5-13(21)10(11)9-25-8-7-15(24-25)23-17(26)22-14-6-2-4-12(19)16(14)20/h1-8H,9H2,(H2,22,23,24,26). The van der Waals surface area contributed by atoms with Crippen molar-refractivity contribution < 1.29 is 4.39 Å². The fraction of sp³-hybridized carbons (Fsp3) is 0.0588. The fourth-order valence-electron chi connectivity index (χ4n) is 2.23. The first-order valence-electron chi connectivity index (χ1n) is 7.42. The minimum absolute atomic E-state index is 0.202. The second-order valence-electron chi connectivity index (χ2n) is 5.28. The average Bonchev–Trinajstić information content (AvgIpc) is 3.02. The Morgan fingerprint density at radius 3 is 2.54 bits per heavy atom. The van der Waals surface area contributed by atoms with Crippen LogP contribution in [0.15, 0.2) is 48.7 Å². The van der Waals surface area contributed by atoms with Gasteiger partial charge in [0, 0.05) is 22.8 Å². The van der Waals surface area contributed by atoms with E-state index >= 15 is 0 Å². The molecule has 1 heterocycles. The van der Waals surface area contributed by atoms with E-state index in [2.05, 4.69) is 15.7 Å². The maximum atomic E-state index is 13.9. The third-order valence-corrected chi connectivity index (χ3v) is 4.84. The Bertz CT molecular complexity index is 941. The van der Waals surface area contributed by atoms with Crippen LogP contribution in [0.5, 0.6) is 0 Å². The number of hydrogen-bond donors (Lipinski definition) is 2.